The summed E-state index contributed by atoms with van der Waals surface area (Å²) >= 11 is 5.31. The second-order valence-corrected chi connectivity index (χ2v) is 2.53. The van der Waals surface area contributed by atoms with Gasteiger partial charge in [-0.05, 0) is 6.92 Å². The number of rotatable bonds is 0. The van der Waals surface area contributed by atoms with Gasteiger partial charge < -0.3 is 0 Å². The number of ketones is 2. The first-order valence-corrected chi connectivity index (χ1v) is 3.24. The summed E-state index contributed by atoms with van der Waals surface area (Å²) in [5.41, 5.74) is -0.220. The Hall–Kier alpha value is -0.960. The molecule has 0 N–H and O–H groups in total. The van der Waals surface area contributed by atoms with E-state index < -0.39 is 17.4 Å². The first-order valence-electron chi connectivity index (χ1n) is 2.86. The Balaban J connectivity index is 3.19. The Bertz CT molecular complexity index is 302. The molecule has 1 aliphatic rings. The van der Waals surface area contributed by atoms with E-state index in [0.29, 0.717) is 0 Å². The summed E-state index contributed by atoms with van der Waals surface area (Å²) in [6.07, 6.45) is 0.784. The fourth-order valence-corrected chi connectivity index (χ4v) is 0.948. The molecule has 0 spiro atoms. The van der Waals surface area contributed by atoms with Gasteiger partial charge in [0, 0.05) is 11.6 Å². The molecule has 0 amide bonds. The van der Waals surface area contributed by atoms with Crippen LogP contribution in [0, 0.1) is 0 Å². The average molecular weight is 175 g/mol. The van der Waals surface area contributed by atoms with Crippen LogP contribution >= 0.6 is 11.6 Å². The molecule has 0 heterocycles. The lowest BCUT2D eigenvalue weighted by Gasteiger charge is -2.05. The van der Waals surface area contributed by atoms with Crippen LogP contribution in [0.25, 0.3) is 0 Å². The third kappa shape index (κ3) is 1.24. The summed E-state index contributed by atoms with van der Waals surface area (Å²) < 4.78 is 12.6. The molecule has 0 unspecified atom stereocenters. The van der Waals surface area contributed by atoms with Gasteiger partial charge in [0.15, 0.2) is 5.83 Å². The molecule has 1 aliphatic carbocycles. The zero-order chi connectivity index (χ0) is 8.59. The number of Topliss-reactive ketones (excluding diaryl/α,β-unsaturated/α-hetero) is 1. The summed E-state index contributed by atoms with van der Waals surface area (Å²) in [6.45, 7) is 1.23. The predicted molar refractivity (Wildman–Crippen MR) is 37.8 cm³/mol. The monoisotopic (exact) mass is 174 g/mol. The number of allylic oxidation sites excluding steroid dienone is 4. The fourth-order valence-electron chi connectivity index (χ4n) is 0.708. The van der Waals surface area contributed by atoms with Gasteiger partial charge in [-0.1, -0.05) is 11.6 Å². The van der Waals surface area contributed by atoms with Crippen LogP contribution in [-0.4, -0.2) is 11.6 Å². The fraction of sp³-hybridized carbons (Fsp3) is 0.143. The van der Waals surface area contributed by atoms with Crippen molar-refractivity contribution in [3.05, 3.63) is 22.5 Å². The molecule has 1 rings (SSSR count). The molecule has 0 fully saturated rings. The number of halogens is 2. The molecule has 0 radical (unpaired) electrons. The maximum atomic E-state index is 12.6. The number of carbonyl (C=O) groups excluding carboxylic acids is 2. The molecule has 58 valence electrons. The van der Waals surface area contributed by atoms with Crippen molar-refractivity contribution < 1.29 is 14.0 Å². The van der Waals surface area contributed by atoms with Crippen molar-refractivity contribution >= 4 is 23.2 Å². The molecule has 0 aliphatic heterocycles. The van der Waals surface area contributed by atoms with Crippen LogP contribution in [0.5, 0.6) is 0 Å². The highest BCUT2D eigenvalue weighted by atomic mass is 35.5. The zero-order valence-electron chi connectivity index (χ0n) is 5.65. The van der Waals surface area contributed by atoms with E-state index >= 15 is 0 Å². The van der Waals surface area contributed by atoms with Gasteiger partial charge in [0.05, 0.1) is 5.03 Å². The van der Waals surface area contributed by atoms with Gasteiger partial charge in [0.25, 0.3) is 0 Å². The van der Waals surface area contributed by atoms with E-state index in [9.17, 15) is 14.0 Å². The molecule has 0 aromatic carbocycles. The lowest BCUT2D eigenvalue weighted by Crippen LogP contribution is -2.12. The van der Waals surface area contributed by atoms with Crippen molar-refractivity contribution in [1.29, 1.82) is 0 Å². The molecule has 0 saturated heterocycles. The normalized spacial score (nSPS) is 19.0. The van der Waals surface area contributed by atoms with E-state index in [-0.39, 0.29) is 10.6 Å². The van der Waals surface area contributed by atoms with Gasteiger partial charge in [0.1, 0.15) is 0 Å². The van der Waals surface area contributed by atoms with Gasteiger partial charge in [-0.15, -0.1) is 0 Å². The maximum absolute atomic E-state index is 12.6. The molecule has 11 heavy (non-hydrogen) atoms. The molecular weight excluding hydrogens is 171 g/mol. The number of hydrogen-bond acceptors (Lipinski definition) is 2. The van der Waals surface area contributed by atoms with Gasteiger partial charge >= 0.3 is 0 Å². The minimum Gasteiger partial charge on any atom is -0.288 e. The molecular formula is C7H4ClFO2. The third-order valence-corrected chi connectivity index (χ3v) is 1.64. The van der Waals surface area contributed by atoms with Gasteiger partial charge in [-0.3, -0.25) is 9.59 Å². The van der Waals surface area contributed by atoms with Crippen molar-refractivity contribution in [1.82, 2.24) is 0 Å². The summed E-state index contributed by atoms with van der Waals surface area (Å²) in [5, 5.41) is -0.228. The van der Waals surface area contributed by atoms with E-state index in [0.717, 1.165) is 6.08 Å². The largest absolute Gasteiger partial charge is 0.288 e. The molecule has 4 heteroatoms. The van der Waals surface area contributed by atoms with Crippen molar-refractivity contribution in [2.24, 2.45) is 0 Å². The minimum atomic E-state index is -1.01. The summed E-state index contributed by atoms with van der Waals surface area (Å²) in [5.74, 6) is -2.48. The van der Waals surface area contributed by atoms with Crippen LogP contribution < -0.4 is 0 Å². The van der Waals surface area contributed by atoms with Crippen molar-refractivity contribution in [3.8, 4) is 0 Å². The van der Waals surface area contributed by atoms with Gasteiger partial charge in [0.2, 0.25) is 11.6 Å². The van der Waals surface area contributed by atoms with E-state index in [2.05, 4.69) is 0 Å². The van der Waals surface area contributed by atoms with Crippen LogP contribution in [0.2, 0.25) is 0 Å². The number of hydrogen-bond donors (Lipinski definition) is 0. The van der Waals surface area contributed by atoms with Crippen LogP contribution in [0.3, 0.4) is 0 Å². The Kier molecular flexibility index (Phi) is 1.91. The Morgan fingerprint density at radius 2 is 2.00 bits per heavy atom. The lowest BCUT2D eigenvalue weighted by molar-refractivity contribution is -0.116. The molecule has 0 aromatic heterocycles. The quantitative estimate of drug-likeness (QED) is 0.522. The van der Waals surface area contributed by atoms with Crippen LogP contribution in [-0.2, 0) is 9.59 Å². The first-order chi connectivity index (χ1) is 5.04. The van der Waals surface area contributed by atoms with Crippen molar-refractivity contribution in [2.75, 3.05) is 0 Å². The maximum Gasteiger partial charge on any atom is 0.216 e. The highest BCUT2D eigenvalue weighted by molar-refractivity contribution is 6.48. The van der Waals surface area contributed by atoms with Crippen molar-refractivity contribution in [3.63, 3.8) is 0 Å². The summed E-state index contributed by atoms with van der Waals surface area (Å²) in [7, 11) is 0. The van der Waals surface area contributed by atoms with Crippen LogP contribution in [0.4, 0.5) is 4.39 Å². The Morgan fingerprint density at radius 3 is 2.55 bits per heavy atom. The SMILES string of the molecule is CC1=C(F)C(=O)C=C(Cl)C1=O. The Labute approximate surface area is 67.3 Å². The number of carbonyl (C=O) groups is 2. The lowest BCUT2D eigenvalue weighted by atomic mass is 10.0. The first kappa shape index (κ1) is 8.14. The molecule has 2 nitrogen and oxygen atoms in total. The van der Waals surface area contributed by atoms with E-state index in [1.165, 1.54) is 6.92 Å². The molecule has 0 bridgehead atoms. The van der Waals surface area contributed by atoms with E-state index in [1.807, 2.05) is 0 Å². The summed E-state index contributed by atoms with van der Waals surface area (Å²) in [4.78, 5) is 21.4. The van der Waals surface area contributed by atoms with Gasteiger partial charge in [-0.2, -0.15) is 0 Å². The molecule has 0 saturated carbocycles. The Morgan fingerprint density at radius 1 is 1.45 bits per heavy atom. The summed E-state index contributed by atoms with van der Waals surface area (Å²) in [6, 6.07) is 0. The molecule has 0 aromatic rings. The zero-order valence-corrected chi connectivity index (χ0v) is 6.41. The highest BCUT2D eigenvalue weighted by Crippen LogP contribution is 2.21. The van der Waals surface area contributed by atoms with E-state index in [1.54, 1.807) is 0 Å². The second kappa shape index (κ2) is 2.58. The topological polar surface area (TPSA) is 34.1 Å². The standard InChI is InChI=1S/C7H4ClFO2/c1-3-6(9)5(10)2-4(8)7(3)11/h2H,1H3. The van der Waals surface area contributed by atoms with Crippen LogP contribution in [0.1, 0.15) is 6.92 Å². The molecule has 0 atom stereocenters. The minimum absolute atomic E-state index is 0.220. The smallest absolute Gasteiger partial charge is 0.216 e. The third-order valence-electron chi connectivity index (χ3n) is 1.36. The van der Waals surface area contributed by atoms with E-state index in [4.69, 9.17) is 11.6 Å². The van der Waals surface area contributed by atoms with Crippen molar-refractivity contribution in [2.45, 2.75) is 6.92 Å². The van der Waals surface area contributed by atoms with Crippen LogP contribution in [0.15, 0.2) is 22.5 Å². The van der Waals surface area contributed by atoms with Gasteiger partial charge in [-0.25, -0.2) is 4.39 Å². The highest BCUT2D eigenvalue weighted by Gasteiger charge is 2.24. The second-order valence-electron chi connectivity index (χ2n) is 2.12. The average Bonchev–Trinajstić information content (AvgIpc) is 1.97. The predicted octanol–water partition coefficient (Wildman–Crippen LogP) is 1.50.